The summed E-state index contributed by atoms with van der Waals surface area (Å²) in [5.41, 5.74) is 2.71. The van der Waals surface area contributed by atoms with Gasteiger partial charge >= 0.3 is 0 Å². The Morgan fingerprint density at radius 1 is 1.39 bits per heavy atom. The summed E-state index contributed by atoms with van der Waals surface area (Å²) in [5.74, 6) is 0.183. The molecule has 0 atom stereocenters. The molecule has 96 valence electrons. The molecule has 4 heteroatoms. The highest BCUT2D eigenvalue weighted by Gasteiger charge is 2.41. The molecule has 2 heterocycles. The van der Waals surface area contributed by atoms with E-state index in [1.54, 1.807) is 6.92 Å². The third kappa shape index (κ3) is 1.77. The fourth-order valence-electron chi connectivity index (χ4n) is 3.16. The molecule has 1 N–H and O–H groups in total. The highest BCUT2D eigenvalue weighted by Crippen LogP contribution is 2.44. The van der Waals surface area contributed by atoms with Gasteiger partial charge in [-0.2, -0.15) is 0 Å². The Bertz CT molecular complexity index is 493. The van der Waals surface area contributed by atoms with Crippen LogP contribution in [-0.4, -0.2) is 30.4 Å². The van der Waals surface area contributed by atoms with Crippen LogP contribution in [0.4, 0.5) is 5.69 Å². The number of amides is 1. The van der Waals surface area contributed by atoms with E-state index in [0.717, 1.165) is 37.5 Å². The Hall–Kier alpha value is -1.22. The Morgan fingerprint density at radius 3 is 2.78 bits per heavy atom. The predicted octanol–water partition coefficient (Wildman–Crippen LogP) is 2.65. The molecule has 0 aromatic heterocycles. The van der Waals surface area contributed by atoms with Crippen molar-refractivity contribution in [2.24, 2.45) is 0 Å². The zero-order chi connectivity index (χ0) is 12.8. The largest absolute Gasteiger partial charge is 0.384 e. The number of rotatable bonds is 0. The first-order valence-electron chi connectivity index (χ1n) is 6.40. The topological polar surface area (TPSA) is 32.3 Å². The monoisotopic (exact) mass is 264 g/mol. The van der Waals surface area contributed by atoms with Crippen molar-refractivity contribution in [1.29, 1.82) is 0 Å². The quantitative estimate of drug-likeness (QED) is 0.781. The minimum absolute atomic E-state index is 0.173. The molecular formula is C14H17ClN2O. The lowest BCUT2D eigenvalue weighted by molar-refractivity contribution is -0.130. The highest BCUT2D eigenvalue weighted by atomic mass is 35.5. The van der Waals surface area contributed by atoms with Crippen LogP contribution in [0.1, 0.15) is 25.3 Å². The van der Waals surface area contributed by atoms with Gasteiger partial charge in [-0.1, -0.05) is 11.6 Å². The molecule has 1 spiro atoms. The maximum atomic E-state index is 11.4. The van der Waals surface area contributed by atoms with Crippen LogP contribution in [-0.2, 0) is 10.2 Å². The number of nitrogens with one attached hydrogen (secondary N) is 1. The fraction of sp³-hybridized carbons (Fsp3) is 0.500. The Labute approximate surface area is 112 Å². The minimum atomic E-state index is 0.173. The van der Waals surface area contributed by atoms with Gasteiger partial charge < -0.3 is 10.2 Å². The summed E-state index contributed by atoms with van der Waals surface area (Å²) in [7, 11) is 0. The van der Waals surface area contributed by atoms with E-state index in [2.05, 4.69) is 17.4 Å². The van der Waals surface area contributed by atoms with Crippen molar-refractivity contribution in [2.75, 3.05) is 25.0 Å². The van der Waals surface area contributed by atoms with Gasteiger partial charge in [-0.05, 0) is 36.6 Å². The normalized spacial score (nSPS) is 20.7. The zero-order valence-electron chi connectivity index (χ0n) is 10.5. The second kappa shape index (κ2) is 4.16. The molecule has 0 saturated carbocycles. The standard InChI is InChI=1S/C14H17ClN2O/c1-10(18)17-6-4-14(5-7-17)9-16-13-3-2-11(15)8-12(13)14/h2-3,8,16H,4-7,9H2,1H3. The molecule has 1 amide bonds. The smallest absolute Gasteiger partial charge is 0.219 e. The van der Waals surface area contributed by atoms with Crippen LogP contribution >= 0.6 is 11.6 Å². The van der Waals surface area contributed by atoms with Gasteiger partial charge in [0.2, 0.25) is 5.91 Å². The fourth-order valence-corrected chi connectivity index (χ4v) is 3.34. The number of fused-ring (bicyclic) bond motifs is 2. The number of anilines is 1. The van der Waals surface area contributed by atoms with Crippen LogP contribution in [0.5, 0.6) is 0 Å². The number of benzene rings is 1. The zero-order valence-corrected chi connectivity index (χ0v) is 11.3. The third-order valence-corrected chi connectivity index (χ3v) is 4.57. The molecule has 0 unspecified atom stereocenters. The lowest BCUT2D eigenvalue weighted by atomic mass is 9.74. The second-order valence-electron chi connectivity index (χ2n) is 5.33. The molecule has 3 nitrogen and oxygen atoms in total. The van der Waals surface area contributed by atoms with Crippen molar-refractivity contribution in [1.82, 2.24) is 4.90 Å². The molecule has 1 saturated heterocycles. The summed E-state index contributed by atoms with van der Waals surface area (Å²) in [4.78, 5) is 13.3. The molecule has 0 radical (unpaired) electrons. The Kier molecular flexibility index (Phi) is 2.74. The van der Waals surface area contributed by atoms with Crippen molar-refractivity contribution in [3.63, 3.8) is 0 Å². The second-order valence-corrected chi connectivity index (χ2v) is 5.77. The minimum Gasteiger partial charge on any atom is -0.384 e. The third-order valence-electron chi connectivity index (χ3n) is 4.34. The van der Waals surface area contributed by atoms with Crippen molar-refractivity contribution in [3.8, 4) is 0 Å². The molecule has 1 aromatic rings. The molecule has 18 heavy (non-hydrogen) atoms. The number of halogens is 1. The number of carbonyl (C=O) groups excluding carboxylic acids is 1. The van der Waals surface area contributed by atoms with Crippen molar-refractivity contribution < 1.29 is 4.79 Å². The van der Waals surface area contributed by atoms with E-state index in [4.69, 9.17) is 11.6 Å². The number of hydrogen-bond donors (Lipinski definition) is 1. The maximum Gasteiger partial charge on any atom is 0.219 e. The van der Waals surface area contributed by atoms with Crippen molar-refractivity contribution in [3.05, 3.63) is 28.8 Å². The summed E-state index contributed by atoms with van der Waals surface area (Å²) >= 11 is 6.11. The molecular weight excluding hydrogens is 248 g/mol. The van der Waals surface area contributed by atoms with Crippen molar-refractivity contribution >= 4 is 23.2 Å². The van der Waals surface area contributed by atoms with Crippen LogP contribution in [0, 0.1) is 0 Å². The lowest BCUT2D eigenvalue weighted by Gasteiger charge is -2.39. The first kappa shape index (κ1) is 11.8. The molecule has 0 aliphatic carbocycles. The van der Waals surface area contributed by atoms with E-state index in [-0.39, 0.29) is 11.3 Å². The predicted molar refractivity (Wildman–Crippen MR) is 73.1 cm³/mol. The van der Waals surface area contributed by atoms with Gasteiger partial charge in [-0.3, -0.25) is 4.79 Å². The van der Waals surface area contributed by atoms with Gasteiger partial charge in [-0.25, -0.2) is 0 Å². The number of piperidine rings is 1. The summed E-state index contributed by atoms with van der Waals surface area (Å²) < 4.78 is 0. The molecule has 3 rings (SSSR count). The average Bonchev–Trinajstić information content (AvgIpc) is 2.69. The summed E-state index contributed by atoms with van der Waals surface area (Å²) in [6.45, 7) is 4.32. The SMILES string of the molecule is CC(=O)N1CCC2(CC1)CNc1ccc(Cl)cc12. The van der Waals surface area contributed by atoms with Gasteiger partial charge in [0.15, 0.2) is 0 Å². The summed E-state index contributed by atoms with van der Waals surface area (Å²) in [5, 5.41) is 4.27. The van der Waals surface area contributed by atoms with E-state index < -0.39 is 0 Å². The van der Waals surface area contributed by atoms with Crippen LogP contribution in [0.2, 0.25) is 5.02 Å². The van der Waals surface area contributed by atoms with Gasteiger partial charge in [0, 0.05) is 42.7 Å². The van der Waals surface area contributed by atoms with Crippen LogP contribution in [0.3, 0.4) is 0 Å². The lowest BCUT2D eigenvalue weighted by Crippen LogP contribution is -2.45. The molecule has 1 aromatic carbocycles. The van der Waals surface area contributed by atoms with Crippen molar-refractivity contribution in [2.45, 2.75) is 25.2 Å². The van der Waals surface area contributed by atoms with Gasteiger partial charge in [-0.15, -0.1) is 0 Å². The number of nitrogens with zero attached hydrogens (tertiary/aromatic N) is 1. The molecule has 1 fully saturated rings. The van der Waals surface area contributed by atoms with Crippen LogP contribution in [0.15, 0.2) is 18.2 Å². The molecule has 2 aliphatic heterocycles. The Morgan fingerprint density at radius 2 is 2.11 bits per heavy atom. The van der Waals surface area contributed by atoms with E-state index in [1.807, 2.05) is 11.0 Å². The number of carbonyl (C=O) groups is 1. The van der Waals surface area contributed by atoms with Gasteiger partial charge in [0.05, 0.1) is 0 Å². The maximum absolute atomic E-state index is 11.4. The molecule has 2 aliphatic rings. The highest BCUT2D eigenvalue weighted by molar-refractivity contribution is 6.30. The van der Waals surface area contributed by atoms with Crippen LogP contribution in [0.25, 0.3) is 0 Å². The first-order chi connectivity index (χ1) is 8.61. The van der Waals surface area contributed by atoms with E-state index in [9.17, 15) is 4.79 Å². The van der Waals surface area contributed by atoms with Gasteiger partial charge in [0.1, 0.15) is 0 Å². The first-order valence-corrected chi connectivity index (χ1v) is 6.78. The number of hydrogen-bond acceptors (Lipinski definition) is 2. The van der Waals surface area contributed by atoms with E-state index in [1.165, 1.54) is 11.3 Å². The van der Waals surface area contributed by atoms with Crippen LogP contribution < -0.4 is 5.32 Å². The Balaban J connectivity index is 1.88. The number of likely N-dealkylation sites (tertiary alicyclic amines) is 1. The van der Waals surface area contributed by atoms with E-state index >= 15 is 0 Å². The van der Waals surface area contributed by atoms with E-state index in [0.29, 0.717) is 0 Å². The van der Waals surface area contributed by atoms with Gasteiger partial charge in [0.25, 0.3) is 0 Å². The summed E-state index contributed by atoms with van der Waals surface area (Å²) in [6.07, 6.45) is 2.04. The average molecular weight is 265 g/mol. The molecule has 0 bridgehead atoms. The summed E-state index contributed by atoms with van der Waals surface area (Å²) in [6, 6.07) is 6.07.